The molecule has 0 aliphatic heterocycles. The Morgan fingerprint density at radius 2 is 1.97 bits per heavy atom. The van der Waals surface area contributed by atoms with Gasteiger partial charge in [0.1, 0.15) is 11.6 Å². The first-order chi connectivity index (χ1) is 14.1. The number of hydrogen-bond acceptors (Lipinski definition) is 6. The molecule has 8 nitrogen and oxygen atoms in total. The lowest BCUT2D eigenvalue weighted by molar-refractivity contribution is -0.123. The van der Waals surface area contributed by atoms with E-state index < -0.39 is 5.41 Å². The fourth-order valence-electron chi connectivity index (χ4n) is 3.40. The predicted molar refractivity (Wildman–Crippen MR) is 109 cm³/mol. The standard InChI is InChI=1S/C21H24N6O2/c1-15-9-14-27(26-15)19-8-7-18(24-25-19)22-12-13-23-20(28)21(10-11-21)16-5-3-4-6-17(16)29-2/h3-9,14H,10-13H2,1-2H3,(H,22,24)(H,23,28). The quantitative estimate of drug-likeness (QED) is 0.571. The number of benzene rings is 1. The summed E-state index contributed by atoms with van der Waals surface area (Å²) in [5, 5.41) is 18.8. The molecule has 1 aromatic carbocycles. The van der Waals surface area contributed by atoms with Gasteiger partial charge in [-0.3, -0.25) is 4.79 Å². The fourth-order valence-corrected chi connectivity index (χ4v) is 3.40. The molecule has 29 heavy (non-hydrogen) atoms. The zero-order valence-corrected chi connectivity index (χ0v) is 16.6. The van der Waals surface area contributed by atoms with Gasteiger partial charge in [0.2, 0.25) is 5.91 Å². The van der Waals surface area contributed by atoms with Gasteiger partial charge in [-0.15, -0.1) is 10.2 Å². The van der Waals surface area contributed by atoms with Crippen molar-refractivity contribution in [2.24, 2.45) is 0 Å². The normalized spacial score (nSPS) is 14.3. The lowest BCUT2D eigenvalue weighted by Gasteiger charge is -2.18. The van der Waals surface area contributed by atoms with Crippen molar-refractivity contribution in [1.82, 2.24) is 25.3 Å². The molecule has 2 N–H and O–H groups in total. The summed E-state index contributed by atoms with van der Waals surface area (Å²) >= 11 is 0. The molecule has 8 heteroatoms. The summed E-state index contributed by atoms with van der Waals surface area (Å²) in [5.74, 6) is 2.11. The molecule has 1 saturated carbocycles. The number of hydrogen-bond donors (Lipinski definition) is 2. The maximum atomic E-state index is 12.8. The van der Waals surface area contributed by atoms with Crippen molar-refractivity contribution in [3.8, 4) is 11.6 Å². The van der Waals surface area contributed by atoms with Gasteiger partial charge in [-0.2, -0.15) is 5.10 Å². The highest BCUT2D eigenvalue weighted by molar-refractivity contribution is 5.92. The van der Waals surface area contributed by atoms with Crippen LogP contribution in [0.5, 0.6) is 5.75 Å². The van der Waals surface area contributed by atoms with Crippen LogP contribution in [-0.4, -0.2) is 46.1 Å². The van der Waals surface area contributed by atoms with Crippen molar-refractivity contribution in [2.45, 2.75) is 25.2 Å². The topological polar surface area (TPSA) is 94.0 Å². The Hall–Kier alpha value is -3.42. The number of anilines is 1. The molecule has 0 unspecified atom stereocenters. The van der Waals surface area contributed by atoms with Crippen molar-refractivity contribution >= 4 is 11.7 Å². The second-order valence-corrected chi connectivity index (χ2v) is 7.14. The van der Waals surface area contributed by atoms with E-state index in [9.17, 15) is 4.79 Å². The highest BCUT2D eigenvalue weighted by Gasteiger charge is 2.52. The number of methoxy groups -OCH3 is 1. The van der Waals surface area contributed by atoms with Crippen LogP contribution in [0, 0.1) is 6.92 Å². The van der Waals surface area contributed by atoms with Gasteiger partial charge in [0.25, 0.3) is 0 Å². The number of carbonyl (C=O) groups is 1. The number of para-hydroxylation sites is 1. The van der Waals surface area contributed by atoms with E-state index in [2.05, 4.69) is 25.9 Å². The minimum atomic E-state index is -0.462. The number of amides is 1. The summed E-state index contributed by atoms with van der Waals surface area (Å²) in [6.07, 6.45) is 3.52. The molecule has 150 valence electrons. The summed E-state index contributed by atoms with van der Waals surface area (Å²) in [6.45, 7) is 2.98. The van der Waals surface area contributed by atoms with Gasteiger partial charge >= 0.3 is 0 Å². The summed E-state index contributed by atoms with van der Waals surface area (Å²) in [5.41, 5.74) is 1.42. The third-order valence-electron chi connectivity index (χ3n) is 5.13. The molecule has 2 aromatic heterocycles. The molecule has 0 radical (unpaired) electrons. The van der Waals surface area contributed by atoms with Crippen molar-refractivity contribution < 1.29 is 9.53 Å². The molecule has 1 aliphatic carbocycles. The lowest BCUT2D eigenvalue weighted by atomic mass is 9.94. The molecule has 2 heterocycles. The van der Waals surface area contributed by atoms with Crippen molar-refractivity contribution in [2.75, 3.05) is 25.5 Å². The molecule has 0 atom stereocenters. The summed E-state index contributed by atoms with van der Waals surface area (Å²) in [4.78, 5) is 12.8. The third kappa shape index (κ3) is 3.91. The van der Waals surface area contributed by atoms with Crippen LogP contribution in [0.15, 0.2) is 48.7 Å². The number of aryl methyl sites for hydroxylation is 1. The maximum Gasteiger partial charge on any atom is 0.230 e. The Kier molecular flexibility index (Phi) is 5.16. The lowest BCUT2D eigenvalue weighted by Crippen LogP contribution is -2.37. The van der Waals surface area contributed by atoms with Crippen molar-refractivity contribution in [3.05, 3.63) is 59.9 Å². The van der Waals surface area contributed by atoms with E-state index in [4.69, 9.17) is 4.74 Å². The van der Waals surface area contributed by atoms with Crippen LogP contribution < -0.4 is 15.4 Å². The second kappa shape index (κ2) is 7.90. The van der Waals surface area contributed by atoms with E-state index in [0.717, 1.165) is 29.8 Å². The number of ether oxygens (including phenoxy) is 1. The molecule has 0 saturated heterocycles. The highest BCUT2D eigenvalue weighted by Crippen LogP contribution is 2.51. The van der Waals surface area contributed by atoms with E-state index in [1.165, 1.54) is 0 Å². The number of carbonyl (C=O) groups excluding carboxylic acids is 1. The Morgan fingerprint density at radius 1 is 1.14 bits per heavy atom. The number of rotatable bonds is 8. The van der Waals surface area contributed by atoms with Gasteiger partial charge in [0.15, 0.2) is 5.82 Å². The van der Waals surface area contributed by atoms with E-state index in [1.807, 2.05) is 55.6 Å². The fraction of sp³-hybridized carbons (Fsp3) is 0.333. The monoisotopic (exact) mass is 392 g/mol. The largest absolute Gasteiger partial charge is 0.496 e. The Labute approximate surface area is 169 Å². The summed E-state index contributed by atoms with van der Waals surface area (Å²) < 4.78 is 7.11. The SMILES string of the molecule is COc1ccccc1C1(C(=O)NCCNc2ccc(-n3ccc(C)n3)nn2)CC1. The minimum Gasteiger partial charge on any atom is -0.496 e. The molecule has 1 amide bonds. The molecular weight excluding hydrogens is 368 g/mol. The molecule has 3 aromatic rings. The van der Waals surface area contributed by atoms with Crippen LogP contribution in [0.25, 0.3) is 5.82 Å². The van der Waals surface area contributed by atoms with Crippen LogP contribution in [0.2, 0.25) is 0 Å². The van der Waals surface area contributed by atoms with E-state index in [1.54, 1.807) is 11.8 Å². The zero-order chi connectivity index (χ0) is 20.3. The average Bonchev–Trinajstić information content (AvgIpc) is 3.46. The first-order valence-electron chi connectivity index (χ1n) is 9.64. The van der Waals surface area contributed by atoms with Crippen molar-refractivity contribution in [1.29, 1.82) is 0 Å². The van der Waals surface area contributed by atoms with Gasteiger partial charge in [-0.1, -0.05) is 18.2 Å². The third-order valence-corrected chi connectivity index (χ3v) is 5.13. The Bertz CT molecular complexity index is 994. The molecule has 0 bridgehead atoms. The van der Waals surface area contributed by atoms with Gasteiger partial charge in [0.05, 0.1) is 18.2 Å². The van der Waals surface area contributed by atoms with Crippen LogP contribution in [0.1, 0.15) is 24.1 Å². The molecular formula is C21H24N6O2. The highest BCUT2D eigenvalue weighted by atomic mass is 16.5. The second-order valence-electron chi connectivity index (χ2n) is 7.14. The maximum absolute atomic E-state index is 12.8. The van der Waals surface area contributed by atoms with E-state index >= 15 is 0 Å². The van der Waals surface area contributed by atoms with Crippen LogP contribution in [0.4, 0.5) is 5.82 Å². The predicted octanol–water partition coefficient (Wildman–Crippen LogP) is 2.24. The smallest absolute Gasteiger partial charge is 0.230 e. The Balaban J connectivity index is 1.29. The van der Waals surface area contributed by atoms with Crippen LogP contribution in [0.3, 0.4) is 0 Å². The number of aromatic nitrogens is 4. The van der Waals surface area contributed by atoms with Crippen LogP contribution in [-0.2, 0) is 10.2 Å². The molecule has 4 rings (SSSR count). The number of nitrogens with one attached hydrogen (secondary N) is 2. The van der Waals surface area contributed by atoms with Gasteiger partial charge in [0, 0.05) is 24.8 Å². The first kappa shape index (κ1) is 18.9. The van der Waals surface area contributed by atoms with E-state index in [-0.39, 0.29) is 5.91 Å². The Morgan fingerprint density at radius 3 is 2.62 bits per heavy atom. The molecule has 1 fully saturated rings. The zero-order valence-electron chi connectivity index (χ0n) is 16.6. The van der Waals surface area contributed by atoms with E-state index in [0.29, 0.717) is 24.7 Å². The van der Waals surface area contributed by atoms with Crippen LogP contribution >= 0.6 is 0 Å². The molecule has 0 spiro atoms. The van der Waals surface area contributed by atoms with Gasteiger partial charge < -0.3 is 15.4 Å². The van der Waals surface area contributed by atoms with Gasteiger partial charge in [-0.25, -0.2) is 4.68 Å². The van der Waals surface area contributed by atoms with Crippen molar-refractivity contribution in [3.63, 3.8) is 0 Å². The number of nitrogens with zero attached hydrogens (tertiary/aromatic N) is 4. The van der Waals surface area contributed by atoms with Gasteiger partial charge in [-0.05, 0) is 44.0 Å². The first-order valence-corrected chi connectivity index (χ1v) is 9.64. The molecule has 1 aliphatic rings. The summed E-state index contributed by atoms with van der Waals surface area (Å²) in [7, 11) is 1.64. The summed E-state index contributed by atoms with van der Waals surface area (Å²) in [6, 6.07) is 13.3. The average molecular weight is 392 g/mol. The minimum absolute atomic E-state index is 0.0410.